The van der Waals surface area contributed by atoms with Gasteiger partial charge in [-0.25, -0.2) is 9.37 Å². The summed E-state index contributed by atoms with van der Waals surface area (Å²) in [4.78, 5) is 38.5. The van der Waals surface area contributed by atoms with E-state index in [0.717, 1.165) is 13.1 Å². The van der Waals surface area contributed by atoms with Gasteiger partial charge in [0, 0.05) is 51.2 Å². The van der Waals surface area contributed by atoms with Crippen LogP contribution in [0.15, 0.2) is 41.3 Å². The van der Waals surface area contributed by atoms with Crippen LogP contribution in [0.3, 0.4) is 0 Å². The molecule has 3 N–H and O–H groups in total. The fourth-order valence-electron chi connectivity index (χ4n) is 6.09. The minimum atomic E-state index is -4.68. The van der Waals surface area contributed by atoms with Crippen molar-refractivity contribution in [1.82, 2.24) is 44.4 Å². The van der Waals surface area contributed by atoms with E-state index in [0.29, 0.717) is 38.3 Å². The van der Waals surface area contributed by atoms with Gasteiger partial charge in [-0.2, -0.15) is 23.3 Å². The third kappa shape index (κ3) is 9.57. The highest BCUT2D eigenvalue weighted by Crippen LogP contribution is 2.34. The molecule has 53 heavy (non-hydrogen) atoms. The van der Waals surface area contributed by atoms with Crippen LogP contribution in [0.4, 0.5) is 28.9 Å². The average molecular weight is 746 g/mol. The van der Waals surface area contributed by atoms with E-state index in [-0.39, 0.29) is 58.8 Å². The number of ether oxygens (including phenoxy) is 1. The highest BCUT2D eigenvalue weighted by molar-refractivity contribution is 6.00. The lowest BCUT2D eigenvalue weighted by molar-refractivity contribution is -0.127. The molecule has 2 aliphatic heterocycles. The number of nitrogens with one attached hydrogen (secondary N) is 3. The lowest BCUT2D eigenvalue weighted by atomic mass is 10.0. The zero-order chi connectivity index (χ0) is 37.9. The van der Waals surface area contributed by atoms with Gasteiger partial charge in [-0.3, -0.25) is 23.6 Å². The minimum Gasteiger partial charge on any atom is -0.379 e. The lowest BCUT2D eigenvalue weighted by Gasteiger charge is -2.33. The second-order valence-corrected chi connectivity index (χ2v) is 14.2. The minimum absolute atomic E-state index is 0.0433. The Morgan fingerprint density at radius 1 is 1.09 bits per heavy atom. The van der Waals surface area contributed by atoms with Crippen LogP contribution >= 0.6 is 0 Å². The molecule has 286 valence electrons. The molecule has 2 fully saturated rings. The first-order chi connectivity index (χ1) is 25.1. The molecule has 2 atom stereocenters. The number of alkyl halides is 4. The predicted molar refractivity (Wildman–Crippen MR) is 186 cm³/mol. The molecule has 2 aliphatic rings. The largest absolute Gasteiger partial charge is 0.394 e. The van der Waals surface area contributed by atoms with Crippen LogP contribution in [0, 0.1) is 0 Å². The monoisotopic (exact) mass is 745 g/mol. The number of anilines is 2. The van der Waals surface area contributed by atoms with Crippen molar-refractivity contribution >= 4 is 28.8 Å². The summed E-state index contributed by atoms with van der Waals surface area (Å²) in [6.45, 7) is 9.54. The van der Waals surface area contributed by atoms with E-state index in [4.69, 9.17) is 9.26 Å². The average Bonchev–Trinajstić information content (AvgIpc) is 3.85. The summed E-state index contributed by atoms with van der Waals surface area (Å²) in [5.74, 6) is -1.29. The molecule has 0 aromatic carbocycles. The number of rotatable bonds is 11. The molecule has 0 spiro atoms. The van der Waals surface area contributed by atoms with Crippen molar-refractivity contribution in [2.75, 3.05) is 63.6 Å². The third-order valence-corrected chi connectivity index (χ3v) is 8.89. The molecule has 0 bridgehead atoms. The fraction of sp³-hybridized carbons (Fsp3) is 0.529. The molecule has 0 radical (unpaired) electrons. The number of piperidine rings is 1. The number of amides is 2. The molecule has 15 nitrogen and oxygen atoms in total. The van der Waals surface area contributed by atoms with E-state index >= 15 is 4.39 Å². The van der Waals surface area contributed by atoms with E-state index in [9.17, 15) is 22.8 Å². The molecular weight excluding hydrogens is 702 g/mol. The number of nitrogens with zero attached hydrogens (tertiary/aromatic N) is 8. The highest BCUT2D eigenvalue weighted by atomic mass is 19.4. The van der Waals surface area contributed by atoms with E-state index < -0.39 is 36.6 Å². The number of hydrogen-bond acceptors (Lipinski definition) is 11. The second-order valence-electron chi connectivity index (χ2n) is 14.2. The highest BCUT2D eigenvalue weighted by Gasteiger charge is 2.35. The van der Waals surface area contributed by atoms with Crippen LogP contribution in [-0.2, 0) is 28.0 Å². The number of halogens is 4. The van der Waals surface area contributed by atoms with Gasteiger partial charge < -0.3 is 30.1 Å². The molecular formula is C34H43F4N11O4. The van der Waals surface area contributed by atoms with Gasteiger partial charge in [0.15, 0.2) is 5.65 Å². The first-order valence-electron chi connectivity index (χ1n) is 17.3. The summed E-state index contributed by atoms with van der Waals surface area (Å²) < 4.78 is 71.1. The maximum absolute atomic E-state index is 15.2. The Hall–Kier alpha value is -4.88. The quantitative estimate of drug-likeness (QED) is 0.152. The molecule has 2 amide bonds. The molecule has 4 aromatic heterocycles. The number of fused-ring (bicyclic) bond motifs is 1. The molecule has 6 heterocycles. The van der Waals surface area contributed by atoms with Crippen molar-refractivity contribution in [3.63, 3.8) is 0 Å². The van der Waals surface area contributed by atoms with Gasteiger partial charge in [0.2, 0.25) is 17.6 Å². The number of hydrogen-bond donors (Lipinski definition) is 3. The van der Waals surface area contributed by atoms with Crippen molar-refractivity contribution in [2.24, 2.45) is 0 Å². The molecule has 2 saturated heterocycles. The number of carbonyl (C=O) groups excluding carboxylic acids is 2. The van der Waals surface area contributed by atoms with Crippen LogP contribution < -0.4 is 16.0 Å². The van der Waals surface area contributed by atoms with Crippen molar-refractivity contribution in [3.05, 3.63) is 54.0 Å². The standard InChI is InChI=1S/C34H43F4N11O4/c1-33(2,3)49-18-21(16-40-49)32(51)39-17-28-43-30(45-53-28)29-26(15-34(36,37)38)48-19-22(41-27(50)6-5-8-47-10-12-52-13-11-47)14-25(31(48)44-29)42-24-7-9-46(4)20-23(24)35/h5-6,14,16,18-19,23-24,42H,7-13,15,17,20H2,1-4H3,(H,39,51)(H,41,50)/b6-5+/t23-,24+/m0/s1. The summed E-state index contributed by atoms with van der Waals surface area (Å²) >= 11 is 0. The van der Waals surface area contributed by atoms with Crippen LogP contribution in [0.25, 0.3) is 17.2 Å². The van der Waals surface area contributed by atoms with Crippen LogP contribution in [0.2, 0.25) is 0 Å². The number of carbonyl (C=O) groups is 2. The molecule has 19 heteroatoms. The molecule has 6 rings (SSSR count). The van der Waals surface area contributed by atoms with Gasteiger partial charge in [0.25, 0.3) is 5.91 Å². The number of imidazole rings is 1. The number of pyridine rings is 1. The van der Waals surface area contributed by atoms with Gasteiger partial charge in [0.05, 0.1) is 66.6 Å². The van der Waals surface area contributed by atoms with Crippen molar-refractivity contribution in [3.8, 4) is 11.5 Å². The van der Waals surface area contributed by atoms with Crippen LogP contribution in [0.1, 0.15) is 49.1 Å². The summed E-state index contributed by atoms with van der Waals surface area (Å²) in [6.07, 6.45) is 0.413. The van der Waals surface area contributed by atoms with Crippen LogP contribution in [0.5, 0.6) is 0 Å². The number of morpholine rings is 1. The Morgan fingerprint density at radius 2 is 1.87 bits per heavy atom. The normalized spacial score (nSPS) is 19.2. The van der Waals surface area contributed by atoms with Crippen molar-refractivity contribution < 1.29 is 36.4 Å². The molecule has 0 unspecified atom stereocenters. The number of aromatic nitrogens is 6. The first kappa shape index (κ1) is 37.9. The van der Waals surface area contributed by atoms with Gasteiger partial charge in [-0.1, -0.05) is 11.2 Å². The predicted octanol–water partition coefficient (Wildman–Crippen LogP) is 3.65. The van der Waals surface area contributed by atoms with Crippen molar-refractivity contribution in [2.45, 2.75) is 64.1 Å². The lowest BCUT2D eigenvalue weighted by Crippen LogP contribution is -2.46. The Kier molecular flexibility index (Phi) is 11.2. The first-order valence-corrected chi connectivity index (χ1v) is 17.3. The summed E-state index contributed by atoms with van der Waals surface area (Å²) in [6, 6.07) is 0.845. The maximum Gasteiger partial charge on any atom is 0.394 e. The van der Waals surface area contributed by atoms with Crippen LogP contribution in [-0.4, -0.2) is 122 Å². The Morgan fingerprint density at radius 3 is 2.57 bits per heavy atom. The van der Waals surface area contributed by atoms with Gasteiger partial charge >= 0.3 is 6.18 Å². The Labute approximate surface area is 302 Å². The summed E-state index contributed by atoms with van der Waals surface area (Å²) in [5.41, 5.74) is -0.204. The zero-order valence-electron chi connectivity index (χ0n) is 29.9. The van der Waals surface area contributed by atoms with Gasteiger partial charge in [-0.05, 0) is 40.3 Å². The fourth-order valence-corrected chi connectivity index (χ4v) is 6.09. The third-order valence-electron chi connectivity index (χ3n) is 8.89. The topological polar surface area (TPSA) is 160 Å². The number of likely N-dealkylation sites (tertiary alicyclic amines) is 1. The smallest absolute Gasteiger partial charge is 0.379 e. The molecule has 0 saturated carbocycles. The SMILES string of the molecule is CN1CC[C@@H](Nc2cc(NC(=O)/C=C/CN3CCOCC3)cn3c(CC(F)(F)F)c(-c4noc(CNC(=O)c5cnn(C(C)(C)C)c5)n4)nc23)[C@@H](F)C1. The summed E-state index contributed by atoms with van der Waals surface area (Å²) in [7, 11) is 1.80. The summed E-state index contributed by atoms with van der Waals surface area (Å²) in [5, 5.41) is 16.6. The van der Waals surface area contributed by atoms with E-state index in [1.165, 1.54) is 28.9 Å². The second kappa shape index (κ2) is 15.6. The van der Waals surface area contributed by atoms with E-state index in [2.05, 4.69) is 41.1 Å². The maximum atomic E-state index is 15.2. The van der Waals surface area contributed by atoms with Crippen molar-refractivity contribution in [1.29, 1.82) is 0 Å². The molecule has 0 aliphatic carbocycles. The van der Waals surface area contributed by atoms with Gasteiger partial charge in [-0.15, -0.1) is 0 Å². The Bertz CT molecular complexity index is 1940. The Balaban J connectivity index is 1.30. The van der Waals surface area contributed by atoms with E-state index in [1.54, 1.807) is 24.0 Å². The zero-order valence-corrected chi connectivity index (χ0v) is 29.9. The van der Waals surface area contributed by atoms with Gasteiger partial charge in [0.1, 0.15) is 11.9 Å². The van der Waals surface area contributed by atoms with E-state index in [1.807, 2.05) is 25.7 Å². The molecule has 4 aromatic rings.